The highest BCUT2D eigenvalue weighted by Gasteiger charge is 2.34. The van der Waals surface area contributed by atoms with Crippen molar-refractivity contribution in [2.24, 2.45) is 0 Å². The second kappa shape index (κ2) is 6.16. The Morgan fingerprint density at radius 1 is 1.39 bits per heavy atom. The van der Waals surface area contributed by atoms with Crippen LogP contribution in [0.4, 0.5) is 0 Å². The number of sulfone groups is 1. The van der Waals surface area contributed by atoms with Crippen LogP contribution in [0.2, 0.25) is 0 Å². The van der Waals surface area contributed by atoms with Crippen LogP contribution in [-0.4, -0.2) is 53.1 Å². The SMILES string of the molecule is CCN(C(=O)c1cccc(-n2cccn2)c1)C1CCS(=O)(=O)C1. The van der Waals surface area contributed by atoms with Crippen LogP contribution in [0.3, 0.4) is 0 Å². The first kappa shape index (κ1) is 15.7. The monoisotopic (exact) mass is 333 g/mol. The molecule has 7 heteroatoms. The molecule has 2 aromatic rings. The maximum absolute atomic E-state index is 12.8. The zero-order chi connectivity index (χ0) is 16.4. The van der Waals surface area contributed by atoms with E-state index in [1.807, 2.05) is 31.3 Å². The summed E-state index contributed by atoms with van der Waals surface area (Å²) >= 11 is 0. The zero-order valence-corrected chi connectivity index (χ0v) is 13.7. The minimum absolute atomic E-state index is 0.0609. The van der Waals surface area contributed by atoms with E-state index < -0.39 is 9.84 Å². The lowest BCUT2D eigenvalue weighted by Gasteiger charge is -2.27. The summed E-state index contributed by atoms with van der Waals surface area (Å²) in [6.07, 6.45) is 4.00. The van der Waals surface area contributed by atoms with E-state index in [0.29, 0.717) is 18.5 Å². The van der Waals surface area contributed by atoms with Crippen molar-refractivity contribution < 1.29 is 13.2 Å². The van der Waals surface area contributed by atoms with Crippen LogP contribution in [0.25, 0.3) is 5.69 Å². The molecule has 1 amide bonds. The minimum Gasteiger partial charge on any atom is -0.335 e. The lowest BCUT2D eigenvalue weighted by Crippen LogP contribution is -2.41. The fourth-order valence-corrected chi connectivity index (χ4v) is 4.69. The molecule has 1 unspecified atom stereocenters. The van der Waals surface area contributed by atoms with Crippen molar-refractivity contribution in [2.75, 3.05) is 18.1 Å². The fourth-order valence-electron chi connectivity index (χ4n) is 2.96. The first-order valence-corrected chi connectivity index (χ1v) is 9.44. The van der Waals surface area contributed by atoms with E-state index in [-0.39, 0.29) is 23.5 Å². The van der Waals surface area contributed by atoms with Crippen LogP contribution in [0.5, 0.6) is 0 Å². The Kier molecular flexibility index (Phi) is 4.21. The molecule has 0 radical (unpaired) electrons. The number of nitrogens with zero attached hydrogens (tertiary/aromatic N) is 3. The third kappa shape index (κ3) is 3.29. The molecule has 122 valence electrons. The highest BCUT2D eigenvalue weighted by Crippen LogP contribution is 2.20. The second-order valence-electron chi connectivity index (χ2n) is 5.65. The van der Waals surface area contributed by atoms with Crippen molar-refractivity contribution in [3.63, 3.8) is 0 Å². The molecule has 1 fully saturated rings. The number of aromatic nitrogens is 2. The summed E-state index contributed by atoms with van der Waals surface area (Å²) in [6, 6.07) is 8.80. The number of benzene rings is 1. The Morgan fingerprint density at radius 3 is 2.83 bits per heavy atom. The van der Waals surface area contributed by atoms with Crippen LogP contribution < -0.4 is 0 Å². The molecule has 1 saturated heterocycles. The molecule has 0 saturated carbocycles. The van der Waals surface area contributed by atoms with E-state index in [0.717, 1.165) is 5.69 Å². The first-order valence-electron chi connectivity index (χ1n) is 7.61. The molecule has 1 atom stereocenters. The van der Waals surface area contributed by atoms with Crippen molar-refractivity contribution in [1.82, 2.24) is 14.7 Å². The van der Waals surface area contributed by atoms with Gasteiger partial charge in [0.25, 0.3) is 5.91 Å². The molecule has 1 aliphatic heterocycles. The van der Waals surface area contributed by atoms with Gasteiger partial charge in [0.1, 0.15) is 0 Å². The van der Waals surface area contributed by atoms with Gasteiger partial charge in [0.05, 0.1) is 17.2 Å². The van der Waals surface area contributed by atoms with Crippen LogP contribution >= 0.6 is 0 Å². The Balaban J connectivity index is 1.85. The Bertz CT molecular complexity index is 800. The molecule has 2 heterocycles. The van der Waals surface area contributed by atoms with Gasteiger partial charge in [-0.25, -0.2) is 13.1 Å². The van der Waals surface area contributed by atoms with Crippen molar-refractivity contribution in [3.8, 4) is 5.69 Å². The molecule has 1 aliphatic rings. The van der Waals surface area contributed by atoms with Gasteiger partial charge in [-0.05, 0) is 37.6 Å². The van der Waals surface area contributed by atoms with E-state index in [2.05, 4.69) is 5.10 Å². The van der Waals surface area contributed by atoms with Gasteiger partial charge in [0.2, 0.25) is 0 Å². The van der Waals surface area contributed by atoms with E-state index in [9.17, 15) is 13.2 Å². The van der Waals surface area contributed by atoms with Gasteiger partial charge in [-0.1, -0.05) is 6.07 Å². The maximum Gasteiger partial charge on any atom is 0.254 e. The van der Waals surface area contributed by atoms with Gasteiger partial charge in [-0.15, -0.1) is 0 Å². The zero-order valence-electron chi connectivity index (χ0n) is 12.9. The Morgan fingerprint density at radius 2 is 2.22 bits per heavy atom. The predicted octanol–water partition coefficient (Wildman–Crippen LogP) is 1.52. The second-order valence-corrected chi connectivity index (χ2v) is 7.88. The number of rotatable bonds is 4. The van der Waals surface area contributed by atoms with Gasteiger partial charge in [-0.3, -0.25) is 4.79 Å². The van der Waals surface area contributed by atoms with Crippen LogP contribution in [0.1, 0.15) is 23.7 Å². The highest BCUT2D eigenvalue weighted by molar-refractivity contribution is 7.91. The average molecular weight is 333 g/mol. The van der Waals surface area contributed by atoms with E-state index in [1.165, 1.54) is 0 Å². The van der Waals surface area contributed by atoms with Crippen molar-refractivity contribution in [2.45, 2.75) is 19.4 Å². The van der Waals surface area contributed by atoms with Gasteiger partial charge in [-0.2, -0.15) is 5.10 Å². The minimum atomic E-state index is -3.02. The Labute approximate surface area is 135 Å². The lowest BCUT2D eigenvalue weighted by molar-refractivity contribution is 0.0708. The highest BCUT2D eigenvalue weighted by atomic mass is 32.2. The van der Waals surface area contributed by atoms with E-state index in [4.69, 9.17) is 0 Å². The maximum atomic E-state index is 12.8. The number of amides is 1. The third-order valence-electron chi connectivity index (χ3n) is 4.11. The van der Waals surface area contributed by atoms with Gasteiger partial charge in [0, 0.05) is 30.5 Å². The first-order chi connectivity index (χ1) is 11.0. The topological polar surface area (TPSA) is 72.3 Å². The summed E-state index contributed by atoms with van der Waals surface area (Å²) in [5.74, 6) is 0.0869. The normalized spacial score (nSPS) is 19.6. The standard InChI is InChI=1S/C16H19N3O3S/c1-2-18(15-7-10-23(21,22)12-15)16(20)13-5-3-6-14(11-13)19-9-4-8-17-19/h3-6,8-9,11,15H,2,7,10,12H2,1H3. The van der Waals surface area contributed by atoms with Gasteiger partial charge in [0.15, 0.2) is 9.84 Å². The molecule has 1 aromatic heterocycles. The smallest absolute Gasteiger partial charge is 0.254 e. The summed E-state index contributed by atoms with van der Waals surface area (Å²) in [5.41, 5.74) is 1.35. The molecule has 3 rings (SSSR count). The number of carbonyl (C=O) groups excluding carboxylic acids is 1. The Hall–Kier alpha value is -2.15. The summed E-state index contributed by atoms with van der Waals surface area (Å²) in [4.78, 5) is 14.5. The van der Waals surface area contributed by atoms with Crippen LogP contribution in [0.15, 0.2) is 42.7 Å². The lowest BCUT2D eigenvalue weighted by atomic mass is 10.1. The molecular formula is C16H19N3O3S. The van der Waals surface area contributed by atoms with Crippen LogP contribution in [0, 0.1) is 0 Å². The predicted molar refractivity (Wildman–Crippen MR) is 87.3 cm³/mol. The van der Waals surface area contributed by atoms with Crippen molar-refractivity contribution >= 4 is 15.7 Å². The van der Waals surface area contributed by atoms with E-state index >= 15 is 0 Å². The van der Waals surface area contributed by atoms with Gasteiger partial charge >= 0.3 is 0 Å². The summed E-state index contributed by atoms with van der Waals surface area (Å²) in [5, 5.41) is 4.16. The molecular weight excluding hydrogens is 314 g/mol. The van der Waals surface area contributed by atoms with Crippen LogP contribution in [-0.2, 0) is 9.84 Å². The fraction of sp³-hybridized carbons (Fsp3) is 0.375. The largest absolute Gasteiger partial charge is 0.335 e. The van der Waals surface area contributed by atoms with Gasteiger partial charge < -0.3 is 4.90 Å². The van der Waals surface area contributed by atoms with E-state index in [1.54, 1.807) is 27.9 Å². The molecule has 0 bridgehead atoms. The molecule has 0 aliphatic carbocycles. The molecule has 0 N–H and O–H groups in total. The number of hydrogen-bond donors (Lipinski definition) is 0. The molecule has 6 nitrogen and oxygen atoms in total. The molecule has 0 spiro atoms. The summed E-state index contributed by atoms with van der Waals surface area (Å²) in [7, 11) is -3.02. The molecule has 23 heavy (non-hydrogen) atoms. The van der Waals surface area contributed by atoms with Crippen molar-refractivity contribution in [3.05, 3.63) is 48.3 Å². The third-order valence-corrected chi connectivity index (χ3v) is 5.86. The number of carbonyl (C=O) groups is 1. The quantitative estimate of drug-likeness (QED) is 0.850. The number of hydrogen-bond acceptors (Lipinski definition) is 4. The summed E-state index contributed by atoms with van der Waals surface area (Å²) in [6.45, 7) is 2.37. The van der Waals surface area contributed by atoms with Crippen molar-refractivity contribution in [1.29, 1.82) is 0 Å². The molecule has 1 aromatic carbocycles. The summed E-state index contributed by atoms with van der Waals surface area (Å²) < 4.78 is 25.0. The average Bonchev–Trinajstić information content (AvgIpc) is 3.18.